The molecule has 2 unspecified atom stereocenters. The minimum absolute atomic E-state index is 0.00443. The molecule has 1 aromatic carbocycles. The molecule has 2 atom stereocenters. The molecule has 0 spiro atoms. The van der Waals surface area contributed by atoms with Gasteiger partial charge in [0.2, 0.25) is 0 Å². The monoisotopic (exact) mass is 282 g/mol. The van der Waals surface area contributed by atoms with Crippen molar-refractivity contribution in [1.82, 2.24) is 0 Å². The van der Waals surface area contributed by atoms with Crippen molar-refractivity contribution in [2.75, 3.05) is 6.61 Å². The zero-order valence-electron chi connectivity index (χ0n) is 11.0. The maximum Gasteiger partial charge on any atom is 0.320 e. The number of ether oxygens (including phenoxy) is 2. The number of halogens is 1. The lowest BCUT2D eigenvalue weighted by Gasteiger charge is -2.15. The van der Waals surface area contributed by atoms with Gasteiger partial charge < -0.3 is 14.6 Å². The van der Waals surface area contributed by atoms with E-state index < -0.39 is 24.0 Å². The Balaban J connectivity index is 2.04. The molecule has 6 heteroatoms. The second-order valence-electron chi connectivity index (χ2n) is 4.57. The van der Waals surface area contributed by atoms with Gasteiger partial charge in [-0.05, 0) is 25.1 Å². The van der Waals surface area contributed by atoms with Crippen LogP contribution in [0.4, 0.5) is 4.39 Å². The van der Waals surface area contributed by atoms with Crippen molar-refractivity contribution >= 4 is 11.9 Å². The minimum atomic E-state index is -1.26. The standard InChI is InChI=1S/C14H15FO5/c1-2-19-14(18)11(13(16)17)7-10-6-8-5-9(15)3-4-12(8)20-10/h3-5,10-11H,2,6-7H2,1H3,(H,16,17). The van der Waals surface area contributed by atoms with E-state index in [9.17, 15) is 14.0 Å². The number of esters is 1. The smallest absolute Gasteiger partial charge is 0.320 e. The van der Waals surface area contributed by atoms with Gasteiger partial charge in [0.15, 0.2) is 5.92 Å². The minimum Gasteiger partial charge on any atom is -0.490 e. The third kappa shape index (κ3) is 3.07. The molecule has 1 aliphatic heterocycles. The zero-order chi connectivity index (χ0) is 14.7. The molecule has 0 bridgehead atoms. The summed E-state index contributed by atoms with van der Waals surface area (Å²) in [7, 11) is 0. The Morgan fingerprint density at radius 1 is 1.55 bits per heavy atom. The Hall–Kier alpha value is -2.11. The summed E-state index contributed by atoms with van der Waals surface area (Å²) in [6.07, 6.45) is -0.0712. The fraction of sp³-hybridized carbons (Fsp3) is 0.429. The third-order valence-electron chi connectivity index (χ3n) is 3.13. The van der Waals surface area contributed by atoms with Crippen LogP contribution in [0.5, 0.6) is 5.75 Å². The van der Waals surface area contributed by atoms with Crippen molar-refractivity contribution in [2.45, 2.75) is 25.9 Å². The number of hydrogen-bond donors (Lipinski definition) is 1. The number of carboxylic acids is 1. The summed E-state index contributed by atoms with van der Waals surface area (Å²) >= 11 is 0. The molecular formula is C14H15FO5. The van der Waals surface area contributed by atoms with Crippen LogP contribution in [0.1, 0.15) is 18.9 Å². The summed E-state index contributed by atoms with van der Waals surface area (Å²) in [6, 6.07) is 4.14. The Bertz CT molecular complexity index is 528. The zero-order valence-corrected chi connectivity index (χ0v) is 11.0. The van der Waals surface area contributed by atoms with Gasteiger partial charge in [0.1, 0.15) is 17.7 Å². The number of fused-ring (bicyclic) bond motifs is 1. The first kappa shape index (κ1) is 14.3. The largest absolute Gasteiger partial charge is 0.490 e. The van der Waals surface area contributed by atoms with Crippen LogP contribution in [0.15, 0.2) is 18.2 Å². The van der Waals surface area contributed by atoms with Crippen LogP contribution in [0.25, 0.3) is 0 Å². The molecule has 0 aromatic heterocycles. The second kappa shape index (κ2) is 5.90. The average Bonchev–Trinajstić information content (AvgIpc) is 2.77. The fourth-order valence-corrected chi connectivity index (χ4v) is 2.22. The van der Waals surface area contributed by atoms with Gasteiger partial charge in [-0.1, -0.05) is 0 Å². The molecule has 1 aromatic rings. The maximum absolute atomic E-state index is 13.1. The quantitative estimate of drug-likeness (QED) is 0.658. The third-order valence-corrected chi connectivity index (χ3v) is 3.13. The van der Waals surface area contributed by atoms with Crippen molar-refractivity contribution in [3.8, 4) is 5.75 Å². The molecule has 108 valence electrons. The van der Waals surface area contributed by atoms with E-state index in [0.29, 0.717) is 17.7 Å². The van der Waals surface area contributed by atoms with Gasteiger partial charge in [-0.15, -0.1) is 0 Å². The molecule has 0 aliphatic carbocycles. The number of carbonyl (C=O) groups excluding carboxylic acids is 1. The van der Waals surface area contributed by atoms with Gasteiger partial charge in [0, 0.05) is 18.4 Å². The number of benzene rings is 1. The number of carboxylic acid groups (broad SMARTS) is 1. The van der Waals surface area contributed by atoms with Gasteiger partial charge in [-0.2, -0.15) is 0 Å². The van der Waals surface area contributed by atoms with Gasteiger partial charge in [0.05, 0.1) is 6.61 Å². The highest BCUT2D eigenvalue weighted by Crippen LogP contribution is 2.32. The summed E-state index contributed by atoms with van der Waals surface area (Å²) in [6.45, 7) is 1.74. The molecule has 0 radical (unpaired) electrons. The topological polar surface area (TPSA) is 72.8 Å². The van der Waals surface area contributed by atoms with E-state index in [1.807, 2.05) is 0 Å². The number of hydrogen-bond acceptors (Lipinski definition) is 4. The molecule has 20 heavy (non-hydrogen) atoms. The van der Waals surface area contributed by atoms with E-state index in [-0.39, 0.29) is 18.8 Å². The number of rotatable bonds is 5. The molecule has 1 N–H and O–H groups in total. The van der Waals surface area contributed by atoms with Gasteiger partial charge in [-0.25, -0.2) is 4.39 Å². The van der Waals surface area contributed by atoms with Crippen molar-refractivity contribution in [3.05, 3.63) is 29.6 Å². The summed E-state index contributed by atoms with van der Waals surface area (Å²) < 4.78 is 23.4. The Kier molecular flexibility index (Phi) is 4.22. The van der Waals surface area contributed by atoms with E-state index in [4.69, 9.17) is 14.6 Å². The van der Waals surface area contributed by atoms with Crippen LogP contribution in [-0.2, 0) is 20.7 Å². The molecule has 1 heterocycles. The molecule has 0 saturated carbocycles. The van der Waals surface area contributed by atoms with Crippen molar-refractivity contribution < 1.29 is 28.6 Å². The van der Waals surface area contributed by atoms with Crippen LogP contribution in [0.2, 0.25) is 0 Å². The van der Waals surface area contributed by atoms with E-state index in [1.54, 1.807) is 6.92 Å². The lowest BCUT2D eigenvalue weighted by molar-refractivity contribution is -0.159. The number of aliphatic carboxylic acids is 1. The SMILES string of the molecule is CCOC(=O)C(CC1Cc2cc(F)ccc2O1)C(=O)O. The molecular weight excluding hydrogens is 267 g/mol. The first-order chi connectivity index (χ1) is 9.51. The van der Waals surface area contributed by atoms with Gasteiger partial charge in [-0.3, -0.25) is 9.59 Å². The number of carbonyl (C=O) groups is 2. The molecule has 0 saturated heterocycles. The first-order valence-electron chi connectivity index (χ1n) is 6.35. The van der Waals surface area contributed by atoms with E-state index in [0.717, 1.165) is 0 Å². The van der Waals surface area contributed by atoms with E-state index in [2.05, 4.69) is 0 Å². The van der Waals surface area contributed by atoms with Gasteiger partial charge >= 0.3 is 11.9 Å². The predicted octanol–water partition coefficient (Wildman–Crippen LogP) is 1.78. The van der Waals surface area contributed by atoms with Crippen LogP contribution >= 0.6 is 0 Å². The molecule has 2 rings (SSSR count). The van der Waals surface area contributed by atoms with Gasteiger partial charge in [0.25, 0.3) is 0 Å². The lowest BCUT2D eigenvalue weighted by Crippen LogP contribution is -2.31. The van der Waals surface area contributed by atoms with Crippen LogP contribution < -0.4 is 4.74 Å². The Labute approximate surface area is 115 Å². The molecule has 0 fully saturated rings. The highest BCUT2D eigenvalue weighted by molar-refractivity contribution is 5.93. The summed E-state index contributed by atoms with van der Waals surface area (Å²) in [4.78, 5) is 22.7. The van der Waals surface area contributed by atoms with Crippen LogP contribution in [-0.4, -0.2) is 29.8 Å². The normalized spacial score (nSPS) is 18.0. The predicted molar refractivity (Wildman–Crippen MR) is 66.9 cm³/mol. The summed E-state index contributed by atoms with van der Waals surface area (Å²) in [5.41, 5.74) is 0.683. The Morgan fingerprint density at radius 2 is 2.30 bits per heavy atom. The van der Waals surface area contributed by atoms with Crippen molar-refractivity contribution in [3.63, 3.8) is 0 Å². The average molecular weight is 282 g/mol. The first-order valence-corrected chi connectivity index (χ1v) is 6.35. The van der Waals surface area contributed by atoms with Crippen LogP contribution in [0, 0.1) is 11.7 Å². The molecule has 0 amide bonds. The maximum atomic E-state index is 13.1. The second-order valence-corrected chi connectivity index (χ2v) is 4.57. The van der Waals surface area contributed by atoms with Crippen molar-refractivity contribution in [2.24, 2.45) is 5.92 Å². The molecule has 5 nitrogen and oxygen atoms in total. The van der Waals surface area contributed by atoms with E-state index >= 15 is 0 Å². The van der Waals surface area contributed by atoms with Crippen molar-refractivity contribution in [1.29, 1.82) is 0 Å². The lowest BCUT2D eigenvalue weighted by atomic mass is 9.98. The highest BCUT2D eigenvalue weighted by atomic mass is 19.1. The Morgan fingerprint density at radius 3 is 2.95 bits per heavy atom. The fourth-order valence-electron chi connectivity index (χ4n) is 2.22. The van der Waals surface area contributed by atoms with E-state index in [1.165, 1.54) is 18.2 Å². The van der Waals surface area contributed by atoms with Crippen LogP contribution in [0.3, 0.4) is 0 Å². The summed E-state index contributed by atoms with van der Waals surface area (Å²) in [5.74, 6) is -3.11. The molecule has 1 aliphatic rings. The highest BCUT2D eigenvalue weighted by Gasteiger charge is 2.34. The summed E-state index contributed by atoms with van der Waals surface area (Å²) in [5, 5.41) is 9.08.